The Morgan fingerprint density at radius 3 is 1.10 bits per heavy atom. The molecule has 0 aromatic heterocycles. The highest BCUT2D eigenvalue weighted by Crippen LogP contribution is 2.39. The Balaban J connectivity index is 2.43. The van der Waals surface area contributed by atoms with Gasteiger partial charge in [0, 0.05) is 10.9 Å². The standard InChI is InChI=1S/C18H11BF10/c1-5-3-2-4-6(5)19(7-9(20)13(24)17(28)14(25)10(7)21)8-11(22)15(26)18(29)16(27)12(8)23/h5-6H,2-4H2,1H3/t5-,6-/m0/s1. The molecule has 1 aliphatic rings. The van der Waals surface area contributed by atoms with Crippen LogP contribution in [0.15, 0.2) is 0 Å². The Kier molecular flexibility index (Phi) is 5.61. The summed E-state index contributed by atoms with van der Waals surface area (Å²) in [5.74, 6) is -25.7. The first-order valence-corrected chi connectivity index (χ1v) is 8.53. The minimum Gasteiger partial charge on any atom is -0.204 e. The quantitative estimate of drug-likeness (QED) is 0.283. The zero-order chi connectivity index (χ0) is 21.8. The van der Waals surface area contributed by atoms with Crippen molar-refractivity contribution in [1.82, 2.24) is 0 Å². The van der Waals surface area contributed by atoms with Crippen LogP contribution in [0.1, 0.15) is 26.2 Å². The lowest BCUT2D eigenvalue weighted by Gasteiger charge is -2.27. The van der Waals surface area contributed by atoms with E-state index < -0.39 is 87.5 Å². The fraction of sp³-hybridized carbons (Fsp3) is 0.333. The van der Waals surface area contributed by atoms with Crippen molar-refractivity contribution in [3.8, 4) is 0 Å². The highest BCUT2D eigenvalue weighted by atomic mass is 19.2. The van der Waals surface area contributed by atoms with Gasteiger partial charge < -0.3 is 0 Å². The summed E-state index contributed by atoms with van der Waals surface area (Å²) in [5, 5.41) is 0. The zero-order valence-electron chi connectivity index (χ0n) is 14.6. The van der Waals surface area contributed by atoms with Gasteiger partial charge in [0.15, 0.2) is 58.2 Å². The van der Waals surface area contributed by atoms with Crippen LogP contribution >= 0.6 is 0 Å². The average molecular weight is 428 g/mol. The molecule has 0 saturated heterocycles. The molecule has 156 valence electrons. The third-order valence-electron chi connectivity index (χ3n) is 5.47. The Bertz CT molecular complexity index is 862. The van der Waals surface area contributed by atoms with E-state index in [1.54, 1.807) is 0 Å². The van der Waals surface area contributed by atoms with E-state index >= 15 is 0 Å². The summed E-state index contributed by atoms with van der Waals surface area (Å²) in [5.41, 5.74) is -3.24. The van der Waals surface area contributed by atoms with Gasteiger partial charge in [-0.3, -0.25) is 0 Å². The van der Waals surface area contributed by atoms with Gasteiger partial charge in [-0.05, 0) is 5.92 Å². The van der Waals surface area contributed by atoms with Crippen LogP contribution in [-0.2, 0) is 0 Å². The molecule has 0 aliphatic heterocycles. The second kappa shape index (κ2) is 7.57. The van der Waals surface area contributed by atoms with Gasteiger partial charge in [0.2, 0.25) is 6.71 Å². The molecule has 0 N–H and O–H groups in total. The minimum absolute atomic E-state index is 0.0187. The van der Waals surface area contributed by atoms with Crippen molar-refractivity contribution in [2.45, 2.75) is 32.0 Å². The lowest BCUT2D eigenvalue weighted by Crippen LogP contribution is -2.54. The molecule has 2 atom stereocenters. The molecule has 0 unspecified atom stereocenters. The lowest BCUT2D eigenvalue weighted by atomic mass is 9.31. The maximum absolute atomic E-state index is 14.4. The van der Waals surface area contributed by atoms with E-state index in [4.69, 9.17) is 0 Å². The van der Waals surface area contributed by atoms with Crippen molar-refractivity contribution in [1.29, 1.82) is 0 Å². The third-order valence-corrected chi connectivity index (χ3v) is 5.47. The van der Waals surface area contributed by atoms with E-state index in [2.05, 4.69) is 0 Å². The number of rotatable bonds is 3. The molecule has 1 fully saturated rings. The van der Waals surface area contributed by atoms with Gasteiger partial charge in [0.1, 0.15) is 0 Å². The van der Waals surface area contributed by atoms with Gasteiger partial charge in [-0.2, -0.15) is 0 Å². The van der Waals surface area contributed by atoms with Crippen molar-refractivity contribution in [2.75, 3.05) is 0 Å². The highest BCUT2D eigenvalue weighted by Gasteiger charge is 2.46. The van der Waals surface area contributed by atoms with Gasteiger partial charge in [0.25, 0.3) is 0 Å². The van der Waals surface area contributed by atoms with Crippen molar-refractivity contribution in [3.05, 3.63) is 58.2 Å². The average Bonchev–Trinajstić information content (AvgIpc) is 3.12. The predicted molar refractivity (Wildman–Crippen MR) is 84.3 cm³/mol. The summed E-state index contributed by atoms with van der Waals surface area (Å²) < 4.78 is 139. The maximum atomic E-state index is 14.4. The molecule has 0 bridgehead atoms. The molecule has 1 aliphatic carbocycles. The molecule has 11 heteroatoms. The largest absolute Gasteiger partial charge is 0.228 e. The summed E-state index contributed by atoms with van der Waals surface area (Å²) in [6.07, 6.45) is 0.754. The van der Waals surface area contributed by atoms with Crippen LogP contribution in [0.5, 0.6) is 0 Å². The summed E-state index contributed by atoms with van der Waals surface area (Å²) in [4.78, 5) is 0. The SMILES string of the molecule is C[C@H]1CCC[C@@H]1B(c1c(F)c(F)c(F)c(F)c1F)c1c(F)c(F)c(F)c(F)c1F. The van der Waals surface area contributed by atoms with Crippen LogP contribution in [-0.4, -0.2) is 6.71 Å². The molecule has 29 heavy (non-hydrogen) atoms. The van der Waals surface area contributed by atoms with Crippen LogP contribution in [0, 0.1) is 64.1 Å². The molecule has 0 amide bonds. The van der Waals surface area contributed by atoms with E-state index in [1.807, 2.05) is 0 Å². The van der Waals surface area contributed by atoms with Crippen LogP contribution in [0.2, 0.25) is 5.82 Å². The number of halogens is 10. The second-order valence-electron chi connectivity index (χ2n) is 7.02. The molecular weight excluding hydrogens is 417 g/mol. The summed E-state index contributed by atoms with van der Waals surface area (Å²) in [6.45, 7) is -0.787. The first kappa shape index (κ1) is 21.5. The molecule has 0 nitrogen and oxygen atoms in total. The Labute approximate surface area is 158 Å². The van der Waals surface area contributed by atoms with Gasteiger partial charge in [0.05, 0.1) is 0 Å². The van der Waals surface area contributed by atoms with E-state index in [0.29, 0.717) is 12.8 Å². The molecule has 3 rings (SSSR count). The fourth-order valence-corrected chi connectivity index (χ4v) is 4.03. The first-order chi connectivity index (χ1) is 13.5. The smallest absolute Gasteiger partial charge is 0.204 e. The van der Waals surface area contributed by atoms with E-state index in [-0.39, 0.29) is 6.42 Å². The van der Waals surface area contributed by atoms with E-state index in [9.17, 15) is 43.9 Å². The monoisotopic (exact) mass is 428 g/mol. The predicted octanol–water partition coefficient (Wildman–Crippen LogP) is 4.88. The molecule has 2 aromatic rings. The molecule has 1 saturated carbocycles. The van der Waals surface area contributed by atoms with E-state index in [0.717, 1.165) is 0 Å². The fourth-order valence-electron chi connectivity index (χ4n) is 4.03. The molecule has 0 radical (unpaired) electrons. The Hall–Kier alpha value is -2.20. The van der Waals surface area contributed by atoms with Crippen LogP contribution in [0.3, 0.4) is 0 Å². The van der Waals surface area contributed by atoms with Gasteiger partial charge >= 0.3 is 0 Å². The van der Waals surface area contributed by atoms with Gasteiger partial charge in [-0.25, -0.2) is 43.9 Å². The second-order valence-corrected chi connectivity index (χ2v) is 7.02. The van der Waals surface area contributed by atoms with Gasteiger partial charge in [-0.1, -0.05) is 32.0 Å². The van der Waals surface area contributed by atoms with Crippen molar-refractivity contribution in [2.24, 2.45) is 5.92 Å². The lowest BCUT2D eigenvalue weighted by molar-refractivity contribution is 0.381. The third kappa shape index (κ3) is 3.18. The number of hydrogen-bond acceptors (Lipinski definition) is 0. The van der Waals surface area contributed by atoms with Crippen LogP contribution in [0.25, 0.3) is 0 Å². The van der Waals surface area contributed by atoms with Gasteiger partial charge in [-0.15, -0.1) is 0 Å². The summed E-state index contributed by atoms with van der Waals surface area (Å²) in [7, 11) is 0. The van der Waals surface area contributed by atoms with Crippen LogP contribution in [0.4, 0.5) is 43.9 Å². The Morgan fingerprint density at radius 2 is 0.828 bits per heavy atom. The van der Waals surface area contributed by atoms with Crippen LogP contribution < -0.4 is 10.9 Å². The number of hydrogen-bond donors (Lipinski definition) is 0. The summed E-state index contributed by atoms with van der Waals surface area (Å²) >= 11 is 0. The topological polar surface area (TPSA) is 0 Å². The highest BCUT2D eigenvalue weighted by molar-refractivity contribution is 6.86. The normalized spacial score (nSPS) is 19.1. The first-order valence-electron chi connectivity index (χ1n) is 8.53. The number of benzene rings is 2. The molecular formula is C18H11BF10. The minimum atomic E-state index is -2.50. The Morgan fingerprint density at radius 1 is 0.517 bits per heavy atom. The maximum Gasteiger partial charge on any atom is 0.228 e. The molecule has 0 spiro atoms. The zero-order valence-corrected chi connectivity index (χ0v) is 14.6. The van der Waals surface area contributed by atoms with Crippen molar-refractivity contribution in [3.63, 3.8) is 0 Å². The van der Waals surface area contributed by atoms with Crippen molar-refractivity contribution < 1.29 is 43.9 Å². The van der Waals surface area contributed by atoms with E-state index in [1.165, 1.54) is 6.92 Å². The molecule has 2 aromatic carbocycles. The molecule has 0 heterocycles. The summed E-state index contributed by atoms with van der Waals surface area (Å²) in [6, 6.07) is 0. The van der Waals surface area contributed by atoms with Crippen molar-refractivity contribution >= 4 is 17.6 Å².